The number of anilines is 1. The quantitative estimate of drug-likeness (QED) is 0.610. The van der Waals surface area contributed by atoms with Crippen molar-refractivity contribution in [1.82, 2.24) is 9.88 Å². The molecule has 3 aliphatic carbocycles. The molecule has 0 spiro atoms. The van der Waals surface area contributed by atoms with Crippen LogP contribution >= 0.6 is 11.6 Å². The molecule has 0 unspecified atom stereocenters. The van der Waals surface area contributed by atoms with Gasteiger partial charge in [-0.2, -0.15) is 0 Å². The number of fused-ring (bicyclic) bond motifs is 3. The highest BCUT2D eigenvalue weighted by molar-refractivity contribution is 6.29. The number of halogens is 1. The molecule has 1 aromatic heterocycles. The third-order valence-electron chi connectivity index (χ3n) is 6.65. The molecule has 2 heterocycles. The van der Waals surface area contributed by atoms with E-state index < -0.39 is 0 Å². The minimum atomic E-state index is -0.352. The number of morpholine rings is 1. The fourth-order valence-corrected chi connectivity index (χ4v) is 5.21. The van der Waals surface area contributed by atoms with E-state index in [2.05, 4.69) is 15.2 Å². The van der Waals surface area contributed by atoms with Gasteiger partial charge in [-0.3, -0.25) is 4.90 Å². The van der Waals surface area contributed by atoms with E-state index in [1.54, 1.807) is 13.0 Å². The molecular formula is C20H28ClN3O3. The lowest BCUT2D eigenvalue weighted by atomic mass is 9.60. The second-order valence-corrected chi connectivity index (χ2v) is 8.39. The van der Waals surface area contributed by atoms with Crippen molar-refractivity contribution in [1.29, 1.82) is 0 Å². The summed E-state index contributed by atoms with van der Waals surface area (Å²) in [6, 6.07) is 1.75. The summed E-state index contributed by atoms with van der Waals surface area (Å²) in [4.78, 5) is 19.0. The highest BCUT2D eigenvalue weighted by atomic mass is 35.5. The van der Waals surface area contributed by atoms with Crippen LogP contribution in [0.15, 0.2) is 12.3 Å². The normalized spacial score (nSPS) is 30.9. The van der Waals surface area contributed by atoms with Gasteiger partial charge in [0.2, 0.25) is 0 Å². The third kappa shape index (κ3) is 3.67. The summed E-state index contributed by atoms with van der Waals surface area (Å²) < 4.78 is 10.7. The van der Waals surface area contributed by atoms with Gasteiger partial charge >= 0.3 is 5.97 Å². The third-order valence-corrected chi connectivity index (χ3v) is 6.86. The predicted octanol–water partition coefficient (Wildman–Crippen LogP) is 3.50. The number of ether oxygens (including phenoxy) is 2. The molecule has 1 aliphatic heterocycles. The van der Waals surface area contributed by atoms with E-state index >= 15 is 0 Å². The summed E-state index contributed by atoms with van der Waals surface area (Å²) in [7, 11) is 0. The van der Waals surface area contributed by atoms with E-state index in [0.29, 0.717) is 22.9 Å². The number of hydrogen-bond donors (Lipinski definition) is 1. The Morgan fingerprint density at radius 1 is 1.26 bits per heavy atom. The summed E-state index contributed by atoms with van der Waals surface area (Å²) >= 11 is 6.12. The van der Waals surface area contributed by atoms with Gasteiger partial charge in [0.1, 0.15) is 10.7 Å². The Labute approximate surface area is 165 Å². The molecule has 1 aromatic rings. The molecule has 0 aromatic carbocycles. The second-order valence-electron chi connectivity index (χ2n) is 8.00. The molecule has 7 heteroatoms. The van der Waals surface area contributed by atoms with Crippen LogP contribution in [0.2, 0.25) is 5.15 Å². The zero-order valence-corrected chi connectivity index (χ0v) is 16.7. The molecule has 0 radical (unpaired) electrons. The van der Waals surface area contributed by atoms with Crippen LogP contribution in [0, 0.1) is 0 Å². The van der Waals surface area contributed by atoms with E-state index in [9.17, 15) is 4.79 Å². The lowest BCUT2D eigenvalue weighted by Gasteiger charge is -2.58. The van der Waals surface area contributed by atoms with E-state index in [1.807, 2.05) is 0 Å². The maximum absolute atomic E-state index is 12.3. The highest BCUT2D eigenvalue weighted by Gasteiger charge is 2.51. The Bertz CT molecular complexity index is 681. The summed E-state index contributed by atoms with van der Waals surface area (Å²) in [5.74, 6) is -0.352. The first-order chi connectivity index (χ1) is 13.1. The summed E-state index contributed by atoms with van der Waals surface area (Å²) in [6.07, 6.45) is 8.39. The average molecular weight is 394 g/mol. The Balaban J connectivity index is 1.50. The predicted molar refractivity (Wildman–Crippen MR) is 104 cm³/mol. The van der Waals surface area contributed by atoms with Gasteiger partial charge < -0.3 is 14.8 Å². The van der Waals surface area contributed by atoms with Gasteiger partial charge in [-0.1, -0.05) is 11.6 Å². The number of nitrogens with one attached hydrogen (secondary N) is 1. The van der Waals surface area contributed by atoms with Crippen LogP contribution in [0.3, 0.4) is 0 Å². The van der Waals surface area contributed by atoms with Gasteiger partial charge in [0, 0.05) is 30.4 Å². The molecule has 2 bridgehead atoms. The monoisotopic (exact) mass is 393 g/mol. The van der Waals surface area contributed by atoms with Crippen LogP contribution < -0.4 is 5.32 Å². The van der Waals surface area contributed by atoms with Gasteiger partial charge in [-0.25, -0.2) is 9.78 Å². The Morgan fingerprint density at radius 2 is 1.93 bits per heavy atom. The molecule has 4 aliphatic rings. The molecular weight excluding hydrogens is 366 g/mol. The van der Waals surface area contributed by atoms with Crippen molar-refractivity contribution in [2.75, 3.05) is 38.2 Å². The molecule has 0 amide bonds. The summed E-state index contributed by atoms with van der Waals surface area (Å²) in [5, 5.41) is 4.07. The van der Waals surface area contributed by atoms with Crippen molar-refractivity contribution in [3.05, 3.63) is 23.0 Å². The van der Waals surface area contributed by atoms with Gasteiger partial charge in [-0.15, -0.1) is 0 Å². The zero-order chi connectivity index (χ0) is 18.9. The topological polar surface area (TPSA) is 63.7 Å². The number of aromatic nitrogens is 1. The number of pyridine rings is 1. The van der Waals surface area contributed by atoms with Crippen LogP contribution in [0.5, 0.6) is 0 Å². The SMILES string of the molecule is CCOC(=O)c1cnc(Cl)cc1NC12CCC(N3CCOCC3)(CC1)CC2. The minimum Gasteiger partial charge on any atom is -0.462 e. The number of nitrogens with zero attached hydrogens (tertiary/aromatic N) is 2. The number of hydrogen-bond acceptors (Lipinski definition) is 6. The molecule has 5 rings (SSSR count). The molecule has 1 N–H and O–H groups in total. The number of carbonyl (C=O) groups excluding carboxylic acids is 1. The van der Waals surface area contributed by atoms with E-state index in [0.717, 1.165) is 51.3 Å². The highest BCUT2D eigenvalue weighted by Crippen LogP contribution is 2.51. The van der Waals surface area contributed by atoms with Gasteiger partial charge in [0.05, 0.1) is 25.5 Å². The summed E-state index contributed by atoms with van der Waals surface area (Å²) in [6.45, 7) is 5.95. The van der Waals surface area contributed by atoms with Crippen molar-refractivity contribution >= 4 is 23.3 Å². The molecule has 6 nitrogen and oxygen atoms in total. The standard InChI is InChI=1S/C20H28ClN3O3/c1-2-27-18(25)15-14-22-17(21)13-16(15)23-19-3-6-20(7-4-19,8-5-19)24-9-11-26-12-10-24/h13-14H,2-12H2,1H3,(H,22,23). The molecule has 4 fully saturated rings. The van der Waals surface area contributed by atoms with Crippen molar-refractivity contribution < 1.29 is 14.3 Å². The van der Waals surface area contributed by atoms with Crippen molar-refractivity contribution in [2.24, 2.45) is 0 Å². The minimum absolute atomic E-state index is 0.0277. The van der Waals surface area contributed by atoms with E-state index in [-0.39, 0.29) is 11.5 Å². The zero-order valence-electron chi connectivity index (χ0n) is 15.9. The number of carbonyl (C=O) groups is 1. The lowest BCUT2D eigenvalue weighted by Crippen LogP contribution is -2.62. The van der Waals surface area contributed by atoms with E-state index in [4.69, 9.17) is 21.1 Å². The Hall–Kier alpha value is -1.37. The van der Waals surface area contributed by atoms with E-state index in [1.165, 1.54) is 25.5 Å². The Kier molecular flexibility index (Phi) is 5.32. The first-order valence-electron chi connectivity index (χ1n) is 10.00. The average Bonchev–Trinajstić information content (AvgIpc) is 2.70. The summed E-state index contributed by atoms with van der Waals surface area (Å²) in [5.41, 5.74) is 1.58. The molecule has 27 heavy (non-hydrogen) atoms. The molecule has 148 valence electrons. The van der Waals surface area contributed by atoms with Crippen LogP contribution in [0.4, 0.5) is 5.69 Å². The van der Waals surface area contributed by atoms with Crippen LogP contribution in [0.1, 0.15) is 55.8 Å². The fraction of sp³-hybridized carbons (Fsp3) is 0.700. The number of rotatable bonds is 5. The van der Waals surface area contributed by atoms with Gasteiger partial charge in [0.25, 0.3) is 0 Å². The number of esters is 1. The molecule has 3 saturated carbocycles. The maximum atomic E-state index is 12.3. The van der Waals surface area contributed by atoms with Crippen molar-refractivity contribution in [3.63, 3.8) is 0 Å². The van der Waals surface area contributed by atoms with Crippen LogP contribution in [-0.2, 0) is 9.47 Å². The Morgan fingerprint density at radius 3 is 2.56 bits per heavy atom. The first kappa shape index (κ1) is 19.0. The van der Waals surface area contributed by atoms with Crippen LogP contribution in [0.25, 0.3) is 0 Å². The first-order valence-corrected chi connectivity index (χ1v) is 10.4. The lowest BCUT2D eigenvalue weighted by molar-refractivity contribution is -0.0689. The van der Waals surface area contributed by atoms with Gasteiger partial charge in [0.15, 0.2) is 0 Å². The molecule has 0 atom stereocenters. The van der Waals surface area contributed by atoms with Crippen molar-refractivity contribution in [3.8, 4) is 0 Å². The largest absolute Gasteiger partial charge is 0.462 e. The van der Waals surface area contributed by atoms with Gasteiger partial charge in [-0.05, 0) is 51.5 Å². The fourth-order valence-electron chi connectivity index (χ4n) is 5.06. The molecule has 1 saturated heterocycles. The second kappa shape index (κ2) is 7.57. The van der Waals surface area contributed by atoms with Crippen LogP contribution in [-0.4, -0.2) is 59.8 Å². The van der Waals surface area contributed by atoms with Crippen molar-refractivity contribution in [2.45, 2.75) is 56.5 Å². The maximum Gasteiger partial charge on any atom is 0.341 e. The smallest absolute Gasteiger partial charge is 0.341 e.